The number of hydrogen-bond acceptors (Lipinski definition) is 3. The van der Waals surface area contributed by atoms with E-state index in [1.54, 1.807) is 12.1 Å². The summed E-state index contributed by atoms with van der Waals surface area (Å²) in [6, 6.07) is 28.1. The molecule has 4 aromatic rings. The van der Waals surface area contributed by atoms with Gasteiger partial charge >= 0.3 is 5.97 Å². The van der Waals surface area contributed by atoms with E-state index >= 15 is 0 Å². The number of aromatic carboxylic acids is 1. The first-order valence-corrected chi connectivity index (χ1v) is 11.3. The van der Waals surface area contributed by atoms with Gasteiger partial charge in [0.05, 0.1) is 0 Å². The molecular weight excluding hydrogens is 426 g/mol. The summed E-state index contributed by atoms with van der Waals surface area (Å²) in [5, 5.41) is 16.4. The predicted molar refractivity (Wildman–Crippen MR) is 130 cm³/mol. The molecule has 0 fully saturated rings. The van der Waals surface area contributed by atoms with Gasteiger partial charge < -0.3 is 10.4 Å². The van der Waals surface area contributed by atoms with E-state index in [-0.39, 0.29) is 5.92 Å². The molecule has 0 aliphatic rings. The van der Waals surface area contributed by atoms with Crippen LogP contribution in [0.2, 0.25) is 5.02 Å². The number of nitrogens with one attached hydrogen (secondary N) is 1. The van der Waals surface area contributed by atoms with Gasteiger partial charge in [-0.1, -0.05) is 84.4 Å². The number of hydrogen-bond donors (Lipinski definition) is 2. The Kier molecular flexibility index (Phi) is 6.70. The summed E-state index contributed by atoms with van der Waals surface area (Å²) in [5.41, 5.74) is 4.36. The maximum atomic E-state index is 12.0. The molecule has 3 nitrogen and oxygen atoms in total. The molecule has 0 atom stereocenters. The second-order valence-corrected chi connectivity index (χ2v) is 8.57. The van der Waals surface area contributed by atoms with Crippen molar-refractivity contribution < 1.29 is 9.90 Å². The molecule has 1 aromatic heterocycles. The van der Waals surface area contributed by atoms with Gasteiger partial charge in [-0.2, -0.15) is 0 Å². The highest BCUT2D eigenvalue weighted by Crippen LogP contribution is 2.36. The molecule has 0 saturated carbocycles. The van der Waals surface area contributed by atoms with E-state index < -0.39 is 5.97 Å². The van der Waals surface area contributed by atoms with E-state index in [9.17, 15) is 9.90 Å². The molecule has 4 rings (SSSR count). The molecular formula is C26H22ClNO2S. The quantitative estimate of drug-likeness (QED) is 0.296. The Morgan fingerprint density at radius 3 is 2.03 bits per heavy atom. The lowest BCUT2D eigenvalue weighted by atomic mass is 9.88. The zero-order valence-corrected chi connectivity index (χ0v) is 18.4. The minimum Gasteiger partial charge on any atom is -0.478 e. The predicted octanol–water partition coefficient (Wildman–Crippen LogP) is 7.40. The van der Waals surface area contributed by atoms with Crippen LogP contribution in [0.3, 0.4) is 0 Å². The third-order valence-corrected chi connectivity index (χ3v) is 6.47. The molecule has 0 radical (unpaired) electrons. The van der Waals surface area contributed by atoms with Gasteiger partial charge in [-0.05, 0) is 35.2 Å². The number of carboxylic acids is 1. The molecule has 1 heterocycles. The standard InChI is InChI=1S/C26H22ClNO2S/c27-21-13-11-20(12-14-21)23-17-31-25(24(23)26(29)30)28-16-15-22(18-7-3-1-4-8-18)19-9-5-2-6-10-19/h1-14,17,22,28H,15-16H2,(H,29,30). The first-order valence-electron chi connectivity index (χ1n) is 10.1. The lowest BCUT2D eigenvalue weighted by molar-refractivity contribution is 0.0699. The van der Waals surface area contributed by atoms with Crippen molar-refractivity contribution in [3.8, 4) is 11.1 Å². The van der Waals surface area contributed by atoms with E-state index in [2.05, 4.69) is 53.8 Å². The number of carboxylic acid groups (broad SMARTS) is 1. The van der Waals surface area contributed by atoms with Gasteiger partial charge in [-0.25, -0.2) is 4.79 Å². The van der Waals surface area contributed by atoms with E-state index in [1.165, 1.54) is 22.5 Å². The third kappa shape index (κ3) is 4.98. The smallest absolute Gasteiger partial charge is 0.339 e. The van der Waals surface area contributed by atoms with Crippen molar-refractivity contribution in [2.24, 2.45) is 0 Å². The fourth-order valence-corrected chi connectivity index (χ4v) is 4.88. The van der Waals surface area contributed by atoms with Crippen molar-refractivity contribution in [3.63, 3.8) is 0 Å². The third-order valence-electron chi connectivity index (χ3n) is 5.28. The zero-order valence-electron chi connectivity index (χ0n) is 16.8. The fraction of sp³-hybridized carbons (Fsp3) is 0.115. The van der Waals surface area contributed by atoms with Gasteiger partial charge in [0.15, 0.2) is 0 Å². The van der Waals surface area contributed by atoms with Crippen LogP contribution in [-0.2, 0) is 0 Å². The van der Waals surface area contributed by atoms with Crippen LogP contribution >= 0.6 is 22.9 Å². The van der Waals surface area contributed by atoms with Crippen molar-refractivity contribution in [2.45, 2.75) is 12.3 Å². The van der Waals surface area contributed by atoms with E-state index in [0.29, 0.717) is 27.7 Å². The molecule has 0 amide bonds. The van der Waals surface area contributed by atoms with Gasteiger partial charge in [0.25, 0.3) is 0 Å². The summed E-state index contributed by atoms with van der Waals surface area (Å²) < 4.78 is 0. The molecule has 156 valence electrons. The Balaban J connectivity index is 1.54. The van der Waals surface area contributed by atoms with Crippen molar-refractivity contribution >= 4 is 33.9 Å². The SMILES string of the molecule is O=C(O)c1c(-c2ccc(Cl)cc2)csc1NCCC(c1ccccc1)c1ccccc1. The van der Waals surface area contributed by atoms with E-state index in [0.717, 1.165) is 12.0 Å². The van der Waals surface area contributed by atoms with Crippen LogP contribution < -0.4 is 5.32 Å². The lowest BCUT2D eigenvalue weighted by Crippen LogP contribution is -2.11. The Labute approximate surface area is 191 Å². The second kappa shape index (κ2) is 9.82. The van der Waals surface area contributed by atoms with Crippen molar-refractivity contribution in [1.29, 1.82) is 0 Å². The first kappa shape index (κ1) is 21.2. The summed E-state index contributed by atoms with van der Waals surface area (Å²) in [5.74, 6) is -0.699. The van der Waals surface area contributed by atoms with Crippen molar-refractivity contribution in [2.75, 3.05) is 11.9 Å². The molecule has 0 aliphatic heterocycles. The molecule has 0 saturated heterocycles. The highest BCUT2D eigenvalue weighted by Gasteiger charge is 2.20. The Hall–Kier alpha value is -3.08. The van der Waals surface area contributed by atoms with Crippen LogP contribution in [0.15, 0.2) is 90.3 Å². The fourth-order valence-electron chi connectivity index (χ4n) is 3.77. The maximum Gasteiger partial charge on any atom is 0.339 e. The maximum absolute atomic E-state index is 12.0. The monoisotopic (exact) mass is 447 g/mol. The highest BCUT2D eigenvalue weighted by atomic mass is 35.5. The average Bonchev–Trinajstić information content (AvgIpc) is 3.22. The average molecular weight is 448 g/mol. The summed E-state index contributed by atoms with van der Waals surface area (Å²) in [6.07, 6.45) is 0.848. The minimum absolute atomic E-state index is 0.235. The molecule has 2 N–H and O–H groups in total. The second-order valence-electron chi connectivity index (χ2n) is 7.25. The number of carbonyl (C=O) groups is 1. The zero-order chi connectivity index (χ0) is 21.6. The van der Waals surface area contributed by atoms with E-state index in [1.807, 2.05) is 29.6 Å². The van der Waals surface area contributed by atoms with Crippen molar-refractivity contribution in [3.05, 3.63) is 112 Å². The van der Waals surface area contributed by atoms with Crippen LogP contribution in [0, 0.1) is 0 Å². The van der Waals surface area contributed by atoms with Crippen LogP contribution in [0.1, 0.15) is 33.8 Å². The number of thiophene rings is 1. The van der Waals surface area contributed by atoms with Crippen molar-refractivity contribution in [1.82, 2.24) is 0 Å². The summed E-state index contributed by atoms with van der Waals surface area (Å²) in [4.78, 5) is 12.0. The molecule has 0 unspecified atom stereocenters. The number of rotatable bonds is 8. The van der Waals surface area contributed by atoms with Gasteiger partial charge in [-0.15, -0.1) is 11.3 Å². The molecule has 3 aromatic carbocycles. The number of anilines is 1. The van der Waals surface area contributed by atoms with Gasteiger partial charge in [-0.3, -0.25) is 0 Å². The first-order chi connectivity index (χ1) is 15.1. The minimum atomic E-state index is -0.934. The Morgan fingerprint density at radius 1 is 0.903 bits per heavy atom. The Morgan fingerprint density at radius 2 is 1.48 bits per heavy atom. The largest absolute Gasteiger partial charge is 0.478 e. The van der Waals surface area contributed by atoms with Crippen LogP contribution in [0.25, 0.3) is 11.1 Å². The molecule has 0 spiro atoms. The summed E-state index contributed by atoms with van der Waals surface area (Å²) >= 11 is 7.40. The van der Waals surface area contributed by atoms with Crippen LogP contribution in [0.5, 0.6) is 0 Å². The Bertz CT molecular complexity index is 1100. The highest BCUT2D eigenvalue weighted by molar-refractivity contribution is 7.15. The normalized spacial score (nSPS) is 10.9. The van der Waals surface area contributed by atoms with Gasteiger partial charge in [0, 0.05) is 28.4 Å². The van der Waals surface area contributed by atoms with Crippen LogP contribution in [-0.4, -0.2) is 17.6 Å². The van der Waals surface area contributed by atoms with E-state index in [4.69, 9.17) is 11.6 Å². The van der Waals surface area contributed by atoms with Gasteiger partial charge in [0.2, 0.25) is 0 Å². The lowest BCUT2D eigenvalue weighted by Gasteiger charge is -2.18. The molecule has 0 aliphatic carbocycles. The van der Waals surface area contributed by atoms with Gasteiger partial charge in [0.1, 0.15) is 10.6 Å². The molecule has 31 heavy (non-hydrogen) atoms. The summed E-state index contributed by atoms with van der Waals surface area (Å²) in [6.45, 7) is 0.662. The van der Waals surface area contributed by atoms with Crippen LogP contribution in [0.4, 0.5) is 5.00 Å². The topological polar surface area (TPSA) is 49.3 Å². The molecule has 5 heteroatoms. The number of benzene rings is 3. The molecule has 0 bridgehead atoms. The summed E-state index contributed by atoms with van der Waals surface area (Å²) in [7, 11) is 0. The number of halogens is 1.